The van der Waals surface area contributed by atoms with Crippen molar-refractivity contribution in [1.29, 1.82) is 0 Å². The molecule has 110 valence electrons. The van der Waals surface area contributed by atoms with Crippen LogP contribution in [0.3, 0.4) is 0 Å². The fourth-order valence-corrected chi connectivity index (χ4v) is 2.50. The van der Waals surface area contributed by atoms with E-state index in [-0.39, 0.29) is 5.91 Å². The number of hydrogen-bond donors (Lipinski definition) is 2. The van der Waals surface area contributed by atoms with Gasteiger partial charge in [0, 0.05) is 51.7 Å². The van der Waals surface area contributed by atoms with E-state index in [2.05, 4.69) is 20.1 Å². The molecule has 0 bridgehead atoms. The van der Waals surface area contributed by atoms with Gasteiger partial charge in [0.1, 0.15) is 5.69 Å². The zero-order valence-corrected chi connectivity index (χ0v) is 12.0. The fraction of sp³-hybridized carbons (Fsp3) is 0.571. The number of nitrogens with one attached hydrogen (secondary N) is 1. The van der Waals surface area contributed by atoms with Gasteiger partial charge in [-0.25, -0.2) is 0 Å². The van der Waals surface area contributed by atoms with E-state index in [0.29, 0.717) is 12.2 Å². The molecule has 3 N–H and O–H groups in total. The average Bonchev–Trinajstić information content (AvgIpc) is 2.73. The third-order valence-corrected chi connectivity index (χ3v) is 3.60. The average molecular weight is 277 g/mol. The number of pyridine rings is 1. The minimum Gasteiger partial charge on any atom is -0.370 e. The van der Waals surface area contributed by atoms with E-state index in [1.165, 1.54) is 0 Å². The molecule has 0 radical (unpaired) electrons. The van der Waals surface area contributed by atoms with Gasteiger partial charge in [0.15, 0.2) is 0 Å². The molecule has 0 aliphatic carbocycles. The first kappa shape index (κ1) is 14.7. The summed E-state index contributed by atoms with van der Waals surface area (Å²) in [5, 5.41) is 2.61. The Balaban J connectivity index is 2.05. The second-order valence-electron chi connectivity index (χ2n) is 4.95. The Morgan fingerprint density at radius 2 is 2.25 bits per heavy atom. The van der Waals surface area contributed by atoms with Gasteiger partial charge >= 0.3 is 0 Å². The zero-order chi connectivity index (χ0) is 14.4. The maximum Gasteiger partial charge on any atom is 0.269 e. The van der Waals surface area contributed by atoms with Crippen LogP contribution in [-0.2, 0) is 0 Å². The van der Waals surface area contributed by atoms with Crippen molar-refractivity contribution in [2.45, 2.75) is 6.42 Å². The molecular weight excluding hydrogens is 254 g/mol. The predicted molar refractivity (Wildman–Crippen MR) is 80.0 cm³/mol. The first-order valence-electron chi connectivity index (χ1n) is 7.10. The number of nitrogens with zero attached hydrogens (tertiary/aromatic N) is 3. The van der Waals surface area contributed by atoms with Crippen LogP contribution in [0.25, 0.3) is 0 Å². The molecule has 1 aliphatic rings. The highest BCUT2D eigenvalue weighted by molar-refractivity contribution is 5.92. The summed E-state index contributed by atoms with van der Waals surface area (Å²) in [5.41, 5.74) is 7.15. The van der Waals surface area contributed by atoms with Crippen LogP contribution in [0, 0.1) is 0 Å². The zero-order valence-electron chi connectivity index (χ0n) is 12.0. The van der Waals surface area contributed by atoms with Gasteiger partial charge in [-0.3, -0.25) is 9.78 Å². The van der Waals surface area contributed by atoms with Crippen molar-refractivity contribution < 1.29 is 4.79 Å². The Labute approximate surface area is 120 Å². The van der Waals surface area contributed by atoms with Gasteiger partial charge in [-0.1, -0.05) is 0 Å². The molecule has 1 amide bonds. The van der Waals surface area contributed by atoms with Gasteiger partial charge in [0.25, 0.3) is 5.91 Å². The maximum absolute atomic E-state index is 11.6. The van der Waals surface area contributed by atoms with E-state index < -0.39 is 0 Å². The molecule has 0 saturated carbocycles. The summed E-state index contributed by atoms with van der Waals surface area (Å²) >= 11 is 0. The first-order chi connectivity index (χ1) is 9.74. The molecule has 1 saturated heterocycles. The van der Waals surface area contributed by atoms with Crippen LogP contribution in [0.4, 0.5) is 5.69 Å². The second-order valence-corrected chi connectivity index (χ2v) is 4.95. The highest BCUT2D eigenvalue weighted by Gasteiger charge is 2.16. The summed E-state index contributed by atoms with van der Waals surface area (Å²) in [5.74, 6) is -0.147. The highest BCUT2D eigenvalue weighted by Crippen LogP contribution is 2.17. The van der Waals surface area contributed by atoms with Gasteiger partial charge in [-0.2, -0.15) is 0 Å². The lowest BCUT2D eigenvalue weighted by atomic mass is 10.2. The lowest BCUT2D eigenvalue weighted by Gasteiger charge is -2.23. The van der Waals surface area contributed by atoms with Crippen molar-refractivity contribution in [3.05, 3.63) is 24.0 Å². The minimum absolute atomic E-state index is 0.147. The van der Waals surface area contributed by atoms with Crippen molar-refractivity contribution in [3.63, 3.8) is 0 Å². The van der Waals surface area contributed by atoms with Crippen LogP contribution in [0.2, 0.25) is 0 Å². The summed E-state index contributed by atoms with van der Waals surface area (Å²) < 4.78 is 0. The van der Waals surface area contributed by atoms with Crippen molar-refractivity contribution in [2.75, 3.05) is 51.2 Å². The van der Waals surface area contributed by atoms with E-state index in [1.54, 1.807) is 13.2 Å². The molecule has 0 aromatic carbocycles. The number of hydrogen-bond acceptors (Lipinski definition) is 5. The molecule has 1 aromatic rings. The van der Waals surface area contributed by atoms with E-state index in [4.69, 9.17) is 5.73 Å². The Morgan fingerprint density at radius 3 is 3.00 bits per heavy atom. The first-order valence-corrected chi connectivity index (χ1v) is 7.10. The molecule has 0 spiro atoms. The Morgan fingerprint density at radius 1 is 1.40 bits per heavy atom. The predicted octanol–water partition coefficient (Wildman–Crippen LogP) is -0.0880. The normalized spacial score (nSPS) is 16.8. The number of carbonyl (C=O) groups excluding carboxylic acids is 1. The van der Waals surface area contributed by atoms with Crippen LogP contribution >= 0.6 is 0 Å². The minimum atomic E-state index is -0.147. The lowest BCUT2D eigenvalue weighted by Crippen LogP contribution is -2.34. The van der Waals surface area contributed by atoms with Crippen LogP contribution in [0.1, 0.15) is 16.9 Å². The summed E-state index contributed by atoms with van der Waals surface area (Å²) in [6, 6.07) is 3.82. The Bertz CT molecular complexity index is 451. The maximum atomic E-state index is 11.6. The van der Waals surface area contributed by atoms with Crippen LogP contribution < -0.4 is 16.0 Å². The van der Waals surface area contributed by atoms with Gasteiger partial charge < -0.3 is 20.9 Å². The van der Waals surface area contributed by atoms with Crippen molar-refractivity contribution in [1.82, 2.24) is 15.2 Å². The molecule has 2 heterocycles. The number of anilines is 1. The molecule has 1 aromatic heterocycles. The third-order valence-electron chi connectivity index (χ3n) is 3.60. The fourth-order valence-electron chi connectivity index (χ4n) is 2.50. The van der Waals surface area contributed by atoms with Gasteiger partial charge in [-0.15, -0.1) is 0 Å². The van der Waals surface area contributed by atoms with Crippen LogP contribution in [-0.4, -0.2) is 62.1 Å². The van der Waals surface area contributed by atoms with Gasteiger partial charge in [0.05, 0.1) is 0 Å². The van der Waals surface area contributed by atoms with Crippen molar-refractivity contribution in [3.8, 4) is 0 Å². The van der Waals surface area contributed by atoms with Crippen molar-refractivity contribution >= 4 is 11.6 Å². The van der Waals surface area contributed by atoms with E-state index >= 15 is 0 Å². The molecule has 6 nitrogen and oxygen atoms in total. The highest BCUT2D eigenvalue weighted by atomic mass is 16.1. The Hall–Kier alpha value is -1.66. The quantitative estimate of drug-likeness (QED) is 0.805. The number of rotatable bonds is 4. The smallest absolute Gasteiger partial charge is 0.269 e. The standard InChI is InChI=1S/C14H23N5O/c1-16-14(20)13-11-12(3-5-17-13)19-7-2-6-18(8-4-15)9-10-19/h3,5,11H,2,4,6-10,15H2,1H3,(H,16,20). The van der Waals surface area contributed by atoms with Crippen LogP contribution in [0.5, 0.6) is 0 Å². The molecule has 20 heavy (non-hydrogen) atoms. The monoisotopic (exact) mass is 277 g/mol. The largest absolute Gasteiger partial charge is 0.370 e. The molecule has 0 unspecified atom stereocenters. The Kier molecular flexibility index (Phi) is 5.31. The van der Waals surface area contributed by atoms with Crippen LogP contribution in [0.15, 0.2) is 18.3 Å². The topological polar surface area (TPSA) is 74.5 Å². The number of amides is 1. The molecule has 1 aliphatic heterocycles. The van der Waals surface area contributed by atoms with E-state index in [1.807, 2.05) is 12.1 Å². The summed E-state index contributed by atoms with van der Waals surface area (Å²) in [4.78, 5) is 20.4. The van der Waals surface area contributed by atoms with E-state index in [0.717, 1.165) is 44.8 Å². The number of aromatic nitrogens is 1. The third kappa shape index (κ3) is 3.68. The molecule has 2 rings (SSSR count). The molecule has 0 atom stereocenters. The lowest BCUT2D eigenvalue weighted by molar-refractivity contribution is 0.0958. The van der Waals surface area contributed by atoms with Gasteiger partial charge in [0.2, 0.25) is 0 Å². The molecular formula is C14H23N5O. The number of carbonyl (C=O) groups is 1. The van der Waals surface area contributed by atoms with Crippen molar-refractivity contribution in [2.24, 2.45) is 5.73 Å². The molecule has 6 heteroatoms. The number of nitrogens with two attached hydrogens (primary N) is 1. The SMILES string of the molecule is CNC(=O)c1cc(N2CCCN(CCN)CC2)ccn1. The summed E-state index contributed by atoms with van der Waals surface area (Å²) in [6.07, 6.45) is 2.81. The summed E-state index contributed by atoms with van der Waals surface area (Å²) in [7, 11) is 1.62. The second kappa shape index (κ2) is 7.21. The summed E-state index contributed by atoms with van der Waals surface area (Å²) in [6.45, 7) is 5.70. The molecule has 1 fully saturated rings. The van der Waals surface area contributed by atoms with Gasteiger partial charge in [-0.05, 0) is 25.1 Å². The van der Waals surface area contributed by atoms with E-state index in [9.17, 15) is 4.79 Å².